The number of aryl methyl sites for hydroxylation is 1. The molecule has 47 heavy (non-hydrogen) atoms. The van der Waals surface area contributed by atoms with E-state index in [1.54, 1.807) is 38.4 Å². The van der Waals surface area contributed by atoms with Crippen LogP contribution in [0.25, 0.3) is 11.0 Å². The van der Waals surface area contributed by atoms with Gasteiger partial charge in [0.2, 0.25) is 20.1 Å². The van der Waals surface area contributed by atoms with Gasteiger partial charge in [0.05, 0.1) is 17.8 Å². The number of carbonyl (C=O) groups excluding carboxylic acids is 1. The van der Waals surface area contributed by atoms with E-state index in [-0.39, 0.29) is 56.5 Å². The number of hydrogen-bond acceptors (Lipinski definition) is 12. The van der Waals surface area contributed by atoms with Gasteiger partial charge in [-0.3, -0.25) is 18.8 Å². The summed E-state index contributed by atoms with van der Waals surface area (Å²) < 4.78 is 44.7. The summed E-state index contributed by atoms with van der Waals surface area (Å²) >= 11 is 0.967. The van der Waals surface area contributed by atoms with Crippen LogP contribution in [0.15, 0.2) is 62.3 Å². The van der Waals surface area contributed by atoms with E-state index in [1.807, 2.05) is 4.90 Å². The van der Waals surface area contributed by atoms with Crippen molar-refractivity contribution in [2.24, 2.45) is 13.0 Å². The zero-order valence-corrected chi connectivity index (χ0v) is 28.1. The van der Waals surface area contributed by atoms with Gasteiger partial charge >= 0.3 is 0 Å². The molecule has 1 saturated heterocycles. The van der Waals surface area contributed by atoms with E-state index in [1.165, 1.54) is 40.0 Å². The minimum atomic E-state index is -4.05. The fourth-order valence-corrected chi connectivity index (χ4v) is 8.18. The average Bonchev–Trinajstić information content (AvgIpc) is 3.69. The lowest BCUT2D eigenvalue weighted by atomic mass is 10.0. The van der Waals surface area contributed by atoms with Crippen LogP contribution in [-0.4, -0.2) is 68.7 Å². The van der Waals surface area contributed by atoms with Crippen molar-refractivity contribution in [2.75, 3.05) is 23.3 Å². The number of hydrogen-bond donors (Lipinski definition) is 2. The number of rotatable bonds is 9. The molecule has 6 rings (SSSR count). The number of nitrogens with zero attached hydrogens (tertiary/aromatic N) is 7. The molecule has 2 N–H and O–H groups in total. The number of anilines is 3. The predicted octanol–water partition coefficient (Wildman–Crippen LogP) is 3.77. The smallest absolute Gasteiger partial charge is 0.263 e. The van der Waals surface area contributed by atoms with Gasteiger partial charge in [-0.1, -0.05) is 13.8 Å². The molecule has 1 aliphatic rings. The quantitative estimate of drug-likeness (QED) is 0.219. The summed E-state index contributed by atoms with van der Waals surface area (Å²) in [5.41, 5.74) is 0.360. The normalized spacial score (nSPS) is 17.0. The molecule has 13 nitrogen and oxygen atoms in total. The van der Waals surface area contributed by atoms with Crippen molar-refractivity contribution in [3.63, 3.8) is 0 Å². The van der Waals surface area contributed by atoms with Crippen LogP contribution in [0.5, 0.6) is 0 Å². The van der Waals surface area contributed by atoms with Gasteiger partial charge in [0, 0.05) is 73.2 Å². The minimum absolute atomic E-state index is 0.0711. The number of pyridine rings is 1. The fraction of sp³-hybridized carbons (Fsp3) is 0.355. The van der Waals surface area contributed by atoms with Crippen LogP contribution in [0.4, 0.5) is 21.7 Å². The molecule has 2 atom stereocenters. The molecule has 0 bridgehead atoms. The van der Waals surface area contributed by atoms with Gasteiger partial charge in [0.15, 0.2) is 5.78 Å². The van der Waals surface area contributed by atoms with Gasteiger partial charge < -0.3 is 15.5 Å². The van der Waals surface area contributed by atoms with E-state index in [0.29, 0.717) is 29.9 Å². The van der Waals surface area contributed by atoms with Gasteiger partial charge in [0.25, 0.3) is 5.56 Å². The second-order valence-corrected chi connectivity index (χ2v) is 15.0. The molecule has 0 amide bonds. The molecule has 246 valence electrons. The Morgan fingerprint density at radius 2 is 1.91 bits per heavy atom. The Morgan fingerprint density at radius 3 is 2.57 bits per heavy atom. The first-order valence-electron chi connectivity index (χ1n) is 15.0. The maximum absolute atomic E-state index is 15.3. The molecular formula is C31H34FN9O4S2. The van der Waals surface area contributed by atoms with Crippen molar-refractivity contribution in [3.05, 3.63) is 75.7 Å². The third kappa shape index (κ3) is 6.40. The largest absolute Gasteiger partial charge is 0.366 e. The number of Topliss-reactive ketones (excluding diaryl/α,β-unsaturated/α-hetero) is 1. The van der Waals surface area contributed by atoms with Crippen molar-refractivity contribution in [1.82, 2.24) is 34.6 Å². The molecule has 5 heterocycles. The second-order valence-electron chi connectivity index (χ2n) is 12.0. The Balaban J connectivity index is 1.40. The lowest BCUT2D eigenvalue weighted by Crippen LogP contribution is -2.54. The second kappa shape index (κ2) is 12.6. The van der Waals surface area contributed by atoms with Crippen LogP contribution in [0.3, 0.4) is 0 Å². The topological polar surface area (TPSA) is 157 Å². The molecular weight excluding hydrogens is 646 g/mol. The van der Waals surface area contributed by atoms with E-state index >= 15 is 4.39 Å². The number of piperazine rings is 1. The summed E-state index contributed by atoms with van der Waals surface area (Å²) in [6.45, 7) is 8.52. The van der Waals surface area contributed by atoms with Gasteiger partial charge in [0.1, 0.15) is 22.1 Å². The molecule has 16 heteroatoms. The molecule has 4 aromatic heterocycles. The maximum atomic E-state index is 15.3. The summed E-state index contributed by atoms with van der Waals surface area (Å²) in [5.74, 6) is -1.19. The van der Waals surface area contributed by atoms with Crippen molar-refractivity contribution in [2.45, 2.75) is 55.6 Å². The standard InChI is InChI=1S/C31H34FN9O4S2/c1-17(2)27(42)22-10-20-12-34-30(36-21-6-7-25(23(32)11-21)40-13-18(3)35-19(4)14-40)37-28(20)41(29(22)43)15-24-26(16-39(5)38-24)47(44,45)31-33-8-9-46-31/h6-12,16-19,35H,13-15H2,1-5H3,(H,34,36,37). The average molecular weight is 680 g/mol. The number of carbonyl (C=O) groups is 1. The van der Waals surface area contributed by atoms with Gasteiger partial charge in [-0.25, -0.2) is 22.8 Å². The first-order chi connectivity index (χ1) is 22.3. The lowest BCUT2D eigenvalue weighted by Gasteiger charge is -2.37. The number of ketones is 1. The van der Waals surface area contributed by atoms with Crippen LogP contribution in [0, 0.1) is 11.7 Å². The van der Waals surface area contributed by atoms with Crippen molar-refractivity contribution in [3.8, 4) is 0 Å². The summed E-state index contributed by atoms with van der Waals surface area (Å²) in [7, 11) is -2.48. The predicted molar refractivity (Wildman–Crippen MR) is 177 cm³/mol. The highest BCUT2D eigenvalue weighted by Gasteiger charge is 2.29. The van der Waals surface area contributed by atoms with E-state index in [9.17, 15) is 18.0 Å². The van der Waals surface area contributed by atoms with E-state index in [2.05, 4.69) is 44.5 Å². The number of nitrogens with one attached hydrogen (secondary N) is 2. The Morgan fingerprint density at radius 1 is 1.17 bits per heavy atom. The number of sulfone groups is 1. The number of aromatic nitrogens is 6. The molecule has 1 aromatic carbocycles. The third-order valence-electron chi connectivity index (χ3n) is 7.82. The van der Waals surface area contributed by atoms with Gasteiger partial charge in [-0.05, 0) is 38.1 Å². The number of fused-ring (bicyclic) bond motifs is 1. The SMILES string of the molecule is CC1CN(c2ccc(Nc3ncc4cc(C(=O)C(C)C)c(=O)n(Cc5nn(C)cc5S(=O)(=O)c5nccs5)c4n3)cc2F)CC(C)N1. The molecule has 0 aliphatic carbocycles. The third-order valence-corrected chi connectivity index (χ3v) is 10.8. The first-order valence-corrected chi connectivity index (χ1v) is 17.4. The molecule has 0 spiro atoms. The number of thiazole rings is 1. The Labute approximate surface area is 274 Å². The highest BCUT2D eigenvalue weighted by Crippen LogP contribution is 2.28. The zero-order chi connectivity index (χ0) is 33.6. The molecule has 2 unspecified atom stereocenters. The molecule has 1 fully saturated rings. The van der Waals surface area contributed by atoms with Crippen molar-refractivity contribution >= 4 is 55.3 Å². The van der Waals surface area contributed by atoms with E-state index in [4.69, 9.17) is 0 Å². The summed E-state index contributed by atoms with van der Waals surface area (Å²) in [6, 6.07) is 6.66. The molecule has 0 radical (unpaired) electrons. The summed E-state index contributed by atoms with van der Waals surface area (Å²) in [6.07, 6.45) is 4.20. The minimum Gasteiger partial charge on any atom is -0.366 e. The molecule has 0 saturated carbocycles. The Bertz CT molecular complexity index is 2140. The summed E-state index contributed by atoms with van der Waals surface area (Å²) in [4.78, 5) is 41.8. The van der Waals surface area contributed by atoms with Crippen molar-refractivity contribution in [1.29, 1.82) is 0 Å². The highest BCUT2D eigenvalue weighted by atomic mass is 32.2. The first kappa shape index (κ1) is 32.4. The highest BCUT2D eigenvalue weighted by molar-refractivity contribution is 7.93. The van der Waals surface area contributed by atoms with E-state index in [0.717, 1.165) is 11.3 Å². The summed E-state index contributed by atoms with van der Waals surface area (Å²) in [5, 5.41) is 12.7. The molecule has 1 aliphatic heterocycles. The molecule has 5 aromatic rings. The Hall–Kier alpha value is -4.54. The number of benzene rings is 1. The lowest BCUT2D eigenvalue weighted by molar-refractivity contribution is 0.0937. The Kier molecular flexibility index (Phi) is 8.67. The van der Waals surface area contributed by atoms with Gasteiger partial charge in [-0.15, -0.1) is 11.3 Å². The van der Waals surface area contributed by atoms with Crippen molar-refractivity contribution < 1.29 is 17.6 Å². The van der Waals surface area contributed by atoms with Crippen LogP contribution in [0.1, 0.15) is 43.7 Å². The van der Waals surface area contributed by atoms with Crippen LogP contribution < -0.4 is 21.1 Å². The fourth-order valence-electron chi connectivity index (χ4n) is 5.78. The van der Waals surface area contributed by atoms with Crippen LogP contribution in [-0.2, 0) is 23.4 Å². The maximum Gasteiger partial charge on any atom is 0.263 e. The van der Waals surface area contributed by atoms with E-state index < -0.39 is 27.1 Å². The monoisotopic (exact) mass is 679 g/mol. The zero-order valence-electron chi connectivity index (χ0n) is 26.4. The number of halogens is 1. The van der Waals surface area contributed by atoms with Crippen LogP contribution in [0.2, 0.25) is 0 Å². The van der Waals surface area contributed by atoms with Gasteiger partial charge in [-0.2, -0.15) is 10.1 Å². The van der Waals surface area contributed by atoms with Crippen LogP contribution >= 0.6 is 11.3 Å².